The van der Waals surface area contributed by atoms with Crippen molar-refractivity contribution in [2.45, 2.75) is 34.1 Å². The number of hydrogen-bond acceptors (Lipinski definition) is 2. The van der Waals surface area contributed by atoms with E-state index < -0.39 is 0 Å². The number of hydrogen-bond donors (Lipinski definition) is 1. The summed E-state index contributed by atoms with van der Waals surface area (Å²) < 4.78 is 0. The fraction of sp³-hybridized carbons (Fsp3) is 0.385. The van der Waals surface area contributed by atoms with E-state index in [9.17, 15) is 0 Å². The maximum atomic E-state index is 4.48. The van der Waals surface area contributed by atoms with Crippen molar-refractivity contribution in [3.8, 4) is 11.4 Å². The zero-order valence-electron chi connectivity index (χ0n) is 10.3. The number of aromatic amines is 1. The highest BCUT2D eigenvalue weighted by Gasteiger charge is 2.11. The fourth-order valence-electron chi connectivity index (χ4n) is 2.10. The second kappa shape index (κ2) is 4.08. The molecule has 0 atom stereocenters. The molecule has 0 amide bonds. The van der Waals surface area contributed by atoms with Gasteiger partial charge >= 0.3 is 0 Å². The van der Waals surface area contributed by atoms with Crippen LogP contribution < -0.4 is 0 Å². The summed E-state index contributed by atoms with van der Waals surface area (Å²) in [6.45, 7) is 8.40. The van der Waals surface area contributed by atoms with Crippen molar-refractivity contribution < 1.29 is 0 Å². The summed E-state index contributed by atoms with van der Waals surface area (Å²) in [5, 5.41) is 7.23. The lowest BCUT2D eigenvalue weighted by atomic mass is 9.99. The Kier molecular flexibility index (Phi) is 2.77. The molecule has 3 nitrogen and oxygen atoms in total. The highest BCUT2D eigenvalue weighted by Crippen LogP contribution is 2.25. The van der Waals surface area contributed by atoms with Crippen molar-refractivity contribution in [3.05, 3.63) is 34.6 Å². The van der Waals surface area contributed by atoms with E-state index in [0.717, 1.165) is 23.6 Å². The van der Waals surface area contributed by atoms with Gasteiger partial charge in [0.15, 0.2) is 5.82 Å². The number of nitrogens with one attached hydrogen (secondary N) is 1. The van der Waals surface area contributed by atoms with Crippen molar-refractivity contribution in [3.63, 3.8) is 0 Å². The molecule has 1 aromatic heterocycles. The van der Waals surface area contributed by atoms with Gasteiger partial charge in [0.2, 0.25) is 0 Å². The molecule has 0 spiro atoms. The molecule has 16 heavy (non-hydrogen) atoms. The molecule has 0 unspecified atom stereocenters. The van der Waals surface area contributed by atoms with Crippen molar-refractivity contribution in [1.29, 1.82) is 0 Å². The summed E-state index contributed by atoms with van der Waals surface area (Å²) in [7, 11) is 0. The van der Waals surface area contributed by atoms with Crippen LogP contribution in [0.25, 0.3) is 11.4 Å². The molecular formula is C13H17N3. The molecule has 2 rings (SSSR count). The third-order valence-electron chi connectivity index (χ3n) is 2.77. The monoisotopic (exact) mass is 215 g/mol. The van der Waals surface area contributed by atoms with Gasteiger partial charge in [-0.25, -0.2) is 4.98 Å². The maximum Gasteiger partial charge on any atom is 0.181 e. The molecule has 0 saturated heterocycles. The predicted octanol–water partition coefficient (Wildman–Crippen LogP) is 2.96. The molecule has 1 aromatic carbocycles. The van der Waals surface area contributed by atoms with Crippen LogP contribution in [0, 0.1) is 20.8 Å². The Labute approximate surface area is 95.9 Å². The quantitative estimate of drug-likeness (QED) is 0.836. The van der Waals surface area contributed by atoms with Crippen LogP contribution in [0.2, 0.25) is 0 Å². The average Bonchev–Trinajstić information content (AvgIpc) is 2.64. The van der Waals surface area contributed by atoms with Crippen LogP contribution in [-0.4, -0.2) is 15.2 Å². The van der Waals surface area contributed by atoms with Crippen molar-refractivity contribution in [1.82, 2.24) is 15.2 Å². The Balaban J connectivity index is 2.55. The van der Waals surface area contributed by atoms with E-state index >= 15 is 0 Å². The van der Waals surface area contributed by atoms with Gasteiger partial charge < -0.3 is 0 Å². The molecule has 1 N–H and O–H groups in total. The number of aryl methyl sites for hydroxylation is 4. The molecule has 0 aliphatic heterocycles. The summed E-state index contributed by atoms with van der Waals surface area (Å²) in [4.78, 5) is 4.48. The van der Waals surface area contributed by atoms with E-state index in [4.69, 9.17) is 0 Å². The molecule has 0 fully saturated rings. The van der Waals surface area contributed by atoms with E-state index in [0.29, 0.717) is 0 Å². The fourth-order valence-corrected chi connectivity index (χ4v) is 2.10. The van der Waals surface area contributed by atoms with Gasteiger partial charge in [0.05, 0.1) is 0 Å². The molecular weight excluding hydrogens is 198 g/mol. The molecule has 84 valence electrons. The van der Waals surface area contributed by atoms with Crippen LogP contribution >= 0.6 is 0 Å². The van der Waals surface area contributed by atoms with Crippen LogP contribution in [0.1, 0.15) is 29.4 Å². The van der Waals surface area contributed by atoms with Gasteiger partial charge in [-0.1, -0.05) is 24.6 Å². The predicted molar refractivity (Wildman–Crippen MR) is 65.4 cm³/mol. The Morgan fingerprint density at radius 1 is 1.12 bits per heavy atom. The van der Waals surface area contributed by atoms with Gasteiger partial charge in [0.25, 0.3) is 0 Å². The van der Waals surface area contributed by atoms with Crippen LogP contribution in [0.15, 0.2) is 12.1 Å². The van der Waals surface area contributed by atoms with E-state index in [2.05, 4.69) is 55.0 Å². The van der Waals surface area contributed by atoms with Gasteiger partial charge in [-0.15, -0.1) is 0 Å². The number of H-pyrrole nitrogens is 1. The van der Waals surface area contributed by atoms with Crippen LogP contribution in [0.3, 0.4) is 0 Å². The molecule has 0 saturated carbocycles. The molecule has 0 bridgehead atoms. The molecule has 0 aliphatic rings. The van der Waals surface area contributed by atoms with E-state index in [-0.39, 0.29) is 0 Å². The smallest absolute Gasteiger partial charge is 0.181 e. The number of benzene rings is 1. The lowest BCUT2D eigenvalue weighted by Gasteiger charge is -2.07. The minimum absolute atomic E-state index is 0.812. The Hall–Kier alpha value is -1.64. The number of aromatic nitrogens is 3. The largest absolute Gasteiger partial charge is 0.263 e. The highest BCUT2D eigenvalue weighted by molar-refractivity contribution is 5.65. The van der Waals surface area contributed by atoms with E-state index in [1.807, 2.05) is 0 Å². The van der Waals surface area contributed by atoms with Crippen LogP contribution in [0.4, 0.5) is 0 Å². The third-order valence-corrected chi connectivity index (χ3v) is 2.77. The van der Waals surface area contributed by atoms with Gasteiger partial charge in [-0.3, -0.25) is 5.10 Å². The number of nitrogens with zero attached hydrogens (tertiary/aromatic N) is 2. The summed E-state index contributed by atoms with van der Waals surface area (Å²) in [6.07, 6.45) is 0.886. The van der Waals surface area contributed by atoms with Gasteiger partial charge in [-0.2, -0.15) is 5.10 Å². The molecule has 1 heterocycles. The topological polar surface area (TPSA) is 41.6 Å². The lowest BCUT2D eigenvalue weighted by molar-refractivity contribution is 0.946. The third kappa shape index (κ3) is 1.85. The maximum absolute atomic E-state index is 4.48. The first-order valence-corrected chi connectivity index (χ1v) is 5.61. The first kappa shape index (κ1) is 10.9. The minimum Gasteiger partial charge on any atom is -0.263 e. The summed E-state index contributed by atoms with van der Waals surface area (Å²) in [5.74, 6) is 1.75. The second-order valence-corrected chi connectivity index (χ2v) is 4.23. The van der Waals surface area contributed by atoms with E-state index in [1.54, 1.807) is 0 Å². The van der Waals surface area contributed by atoms with E-state index in [1.165, 1.54) is 16.7 Å². The Morgan fingerprint density at radius 2 is 1.75 bits per heavy atom. The zero-order valence-corrected chi connectivity index (χ0v) is 10.3. The molecule has 0 aliphatic carbocycles. The highest BCUT2D eigenvalue weighted by atomic mass is 15.2. The molecule has 0 radical (unpaired) electrons. The minimum atomic E-state index is 0.812. The van der Waals surface area contributed by atoms with Crippen molar-refractivity contribution in [2.24, 2.45) is 0 Å². The van der Waals surface area contributed by atoms with Crippen molar-refractivity contribution >= 4 is 0 Å². The van der Waals surface area contributed by atoms with Crippen molar-refractivity contribution in [2.75, 3.05) is 0 Å². The zero-order chi connectivity index (χ0) is 11.7. The standard InChI is InChI=1S/C13H17N3/c1-5-11-14-13(16-15-11)12-9(3)6-8(2)7-10(12)4/h6-7H,5H2,1-4H3,(H,14,15,16). The normalized spacial score (nSPS) is 10.8. The first-order valence-electron chi connectivity index (χ1n) is 5.61. The average molecular weight is 215 g/mol. The molecule has 3 heteroatoms. The van der Waals surface area contributed by atoms with Gasteiger partial charge in [0, 0.05) is 12.0 Å². The molecule has 2 aromatic rings. The van der Waals surface area contributed by atoms with Gasteiger partial charge in [0.1, 0.15) is 5.82 Å². The van der Waals surface area contributed by atoms with Crippen LogP contribution in [0.5, 0.6) is 0 Å². The first-order chi connectivity index (χ1) is 7.61. The van der Waals surface area contributed by atoms with Crippen LogP contribution in [-0.2, 0) is 6.42 Å². The summed E-state index contributed by atoms with van der Waals surface area (Å²) in [5.41, 5.74) is 4.91. The lowest BCUT2D eigenvalue weighted by Crippen LogP contribution is -1.92. The Bertz CT molecular complexity index is 489. The SMILES string of the molecule is CCc1nc(-c2c(C)cc(C)cc2C)n[nH]1. The second-order valence-electron chi connectivity index (χ2n) is 4.23. The van der Waals surface area contributed by atoms with Gasteiger partial charge in [-0.05, 0) is 31.9 Å². The Morgan fingerprint density at radius 3 is 2.25 bits per heavy atom. The summed E-state index contributed by atoms with van der Waals surface area (Å²) >= 11 is 0. The number of rotatable bonds is 2. The summed E-state index contributed by atoms with van der Waals surface area (Å²) in [6, 6.07) is 4.34.